The lowest BCUT2D eigenvalue weighted by atomic mass is 9.78. The van der Waals surface area contributed by atoms with E-state index >= 15 is 0 Å². The summed E-state index contributed by atoms with van der Waals surface area (Å²) in [6.45, 7) is 4.73. The molecule has 0 saturated carbocycles. The predicted molar refractivity (Wildman–Crippen MR) is 90.1 cm³/mol. The minimum Gasteiger partial charge on any atom is -0.383 e. The molecule has 24 heavy (non-hydrogen) atoms. The smallest absolute Gasteiger partial charge is 0.230 e. The molecule has 0 aromatic carbocycles. The number of nitrogens with zero attached hydrogens (tertiary/aromatic N) is 4. The quantitative estimate of drug-likeness (QED) is 0.818. The molecule has 1 aromatic rings. The molecule has 6 nitrogen and oxygen atoms in total. The lowest BCUT2D eigenvalue weighted by molar-refractivity contribution is -0.146. The van der Waals surface area contributed by atoms with Crippen LogP contribution in [-0.4, -0.2) is 60.2 Å². The Morgan fingerprint density at radius 2 is 2.21 bits per heavy atom. The van der Waals surface area contributed by atoms with Gasteiger partial charge in [0.1, 0.15) is 11.8 Å². The monoisotopic (exact) mass is 330 g/mol. The Balaban J connectivity index is 1.65. The van der Waals surface area contributed by atoms with Crippen LogP contribution in [0.3, 0.4) is 0 Å². The second-order valence-electron chi connectivity index (χ2n) is 7.09. The molecule has 1 unspecified atom stereocenters. The molecule has 6 heteroatoms. The van der Waals surface area contributed by atoms with E-state index in [1.807, 2.05) is 28.8 Å². The first kappa shape index (κ1) is 17.0. The predicted octanol–water partition coefficient (Wildman–Crippen LogP) is 1.36. The Hall–Kier alpha value is -1.84. The highest BCUT2D eigenvalue weighted by atomic mass is 16.5. The van der Waals surface area contributed by atoms with Gasteiger partial charge >= 0.3 is 0 Å². The molecule has 0 aliphatic carbocycles. The van der Waals surface area contributed by atoms with E-state index in [2.05, 4.69) is 11.0 Å². The molecule has 3 rings (SSSR count). The van der Waals surface area contributed by atoms with E-state index in [-0.39, 0.29) is 5.41 Å². The maximum absolute atomic E-state index is 13.0. The van der Waals surface area contributed by atoms with Crippen LogP contribution >= 0.6 is 0 Å². The molecule has 0 bridgehead atoms. The fourth-order valence-electron chi connectivity index (χ4n) is 4.13. The van der Waals surface area contributed by atoms with Crippen LogP contribution in [0.5, 0.6) is 0 Å². The second kappa shape index (κ2) is 6.96. The van der Waals surface area contributed by atoms with E-state index in [1.165, 1.54) is 0 Å². The average molecular weight is 330 g/mol. The van der Waals surface area contributed by atoms with Crippen molar-refractivity contribution in [1.29, 1.82) is 5.26 Å². The number of methoxy groups -OCH3 is 1. The summed E-state index contributed by atoms with van der Waals surface area (Å²) in [6, 6.07) is 4.14. The Bertz CT molecular complexity index is 648. The molecule has 2 aliphatic heterocycles. The number of carbonyl (C=O) groups excluding carboxylic acids is 1. The molecule has 1 atom stereocenters. The summed E-state index contributed by atoms with van der Waals surface area (Å²) in [6.07, 6.45) is 5.02. The summed E-state index contributed by atoms with van der Waals surface area (Å²) >= 11 is 0. The molecule has 2 aliphatic rings. The number of nitriles is 1. The number of hydrogen-bond donors (Lipinski definition) is 0. The van der Waals surface area contributed by atoms with Gasteiger partial charge in [0.25, 0.3) is 0 Å². The third-order valence-electron chi connectivity index (χ3n) is 5.40. The highest BCUT2D eigenvalue weighted by Crippen LogP contribution is 2.40. The maximum atomic E-state index is 13.0. The van der Waals surface area contributed by atoms with Gasteiger partial charge in [-0.25, -0.2) is 0 Å². The van der Waals surface area contributed by atoms with E-state index in [4.69, 9.17) is 10.00 Å². The Morgan fingerprint density at radius 3 is 2.92 bits per heavy atom. The van der Waals surface area contributed by atoms with Crippen LogP contribution < -0.4 is 0 Å². The molecule has 0 N–H and O–H groups in total. The highest BCUT2D eigenvalue weighted by molar-refractivity contribution is 5.84. The number of rotatable bonds is 5. The van der Waals surface area contributed by atoms with Gasteiger partial charge in [0.15, 0.2) is 0 Å². The van der Waals surface area contributed by atoms with Crippen molar-refractivity contribution in [1.82, 2.24) is 14.4 Å². The number of piperidine rings is 1. The largest absolute Gasteiger partial charge is 0.383 e. The molecule has 0 radical (unpaired) electrons. The van der Waals surface area contributed by atoms with Gasteiger partial charge in [-0.15, -0.1) is 0 Å². The normalized spacial score (nSPS) is 24.7. The zero-order valence-electron chi connectivity index (χ0n) is 14.6. The Morgan fingerprint density at radius 1 is 1.38 bits per heavy atom. The van der Waals surface area contributed by atoms with Crippen LogP contribution in [0.15, 0.2) is 12.3 Å². The SMILES string of the molecule is COCCN1CCCC2(CCN(Cc3cc(C#N)n(C)c3)C2)C1=O. The second-order valence-corrected chi connectivity index (χ2v) is 7.09. The number of aromatic nitrogens is 1. The summed E-state index contributed by atoms with van der Waals surface area (Å²) in [5.74, 6) is 0.305. The maximum Gasteiger partial charge on any atom is 0.230 e. The van der Waals surface area contributed by atoms with Gasteiger partial charge in [0.2, 0.25) is 5.91 Å². The van der Waals surface area contributed by atoms with Crippen molar-refractivity contribution in [3.05, 3.63) is 23.5 Å². The molecule has 2 saturated heterocycles. The number of amides is 1. The number of aryl methyl sites for hydroxylation is 1. The minimum absolute atomic E-state index is 0.209. The van der Waals surface area contributed by atoms with Crippen LogP contribution in [0, 0.1) is 16.7 Å². The van der Waals surface area contributed by atoms with Crippen molar-refractivity contribution in [3.63, 3.8) is 0 Å². The number of likely N-dealkylation sites (tertiary alicyclic amines) is 2. The average Bonchev–Trinajstić information content (AvgIpc) is 3.13. The van der Waals surface area contributed by atoms with E-state index in [0.717, 1.165) is 51.0 Å². The standard InChI is InChI=1S/C18H26N4O2/c1-20-12-15(10-16(20)11-19)13-21-7-5-18(14-21)4-3-6-22(17(18)23)8-9-24-2/h10,12H,3-9,13-14H2,1-2H3. The molecule has 1 amide bonds. The summed E-state index contributed by atoms with van der Waals surface area (Å²) in [5, 5.41) is 9.08. The van der Waals surface area contributed by atoms with Crippen molar-refractivity contribution in [2.75, 3.05) is 39.9 Å². The summed E-state index contributed by atoms with van der Waals surface area (Å²) < 4.78 is 7.00. The van der Waals surface area contributed by atoms with Gasteiger partial charge in [0.05, 0.1) is 12.0 Å². The summed E-state index contributed by atoms with van der Waals surface area (Å²) in [7, 11) is 3.57. The Kier molecular flexibility index (Phi) is 4.93. The number of carbonyl (C=O) groups is 1. The fraction of sp³-hybridized carbons (Fsp3) is 0.667. The van der Waals surface area contributed by atoms with Crippen molar-refractivity contribution in [2.24, 2.45) is 12.5 Å². The van der Waals surface area contributed by atoms with E-state index in [9.17, 15) is 4.79 Å². The molecule has 2 fully saturated rings. The van der Waals surface area contributed by atoms with Gasteiger partial charge in [-0.05, 0) is 37.4 Å². The van der Waals surface area contributed by atoms with Crippen molar-refractivity contribution >= 4 is 5.91 Å². The minimum atomic E-state index is -0.209. The summed E-state index contributed by atoms with van der Waals surface area (Å²) in [4.78, 5) is 17.3. The van der Waals surface area contributed by atoms with Crippen LogP contribution in [0.25, 0.3) is 0 Å². The van der Waals surface area contributed by atoms with Crippen molar-refractivity contribution < 1.29 is 9.53 Å². The van der Waals surface area contributed by atoms with E-state index < -0.39 is 0 Å². The van der Waals surface area contributed by atoms with Crippen LogP contribution in [0.2, 0.25) is 0 Å². The lowest BCUT2D eigenvalue weighted by Gasteiger charge is -2.39. The molecule has 130 valence electrons. The first-order valence-corrected chi connectivity index (χ1v) is 8.64. The van der Waals surface area contributed by atoms with E-state index in [1.54, 1.807) is 7.11 Å². The molecular weight excluding hydrogens is 304 g/mol. The molecule has 3 heterocycles. The first-order chi connectivity index (χ1) is 11.6. The Labute approximate surface area is 143 Å². The van der Waals surface area contributed by atoms with Crippen molar-refractivity contribution in [2.45, 2.75) is 25.8 Å². The number of hydrogen-bond acceptors (Lipinski definition) is 4. The zero-order chi connectivity index (χ0) is 17.2. The van der Waals surface area contributed by atoms with Gasteiger partial charge in [-0.2, -0.15) is 5.26 Å². The van der Waals surface area contributed by atoms with Crippen LogP contribution in [0.1, 0.15) is 30.5 Å². The molecule has 1 aromatic heterocycles. The van der Waals surface area contributed by atoms with Gasteiger partial charge in [-0.3, -0.25) is 9.69 Å². The van der Waals surface area contributed by atoms with Crippen LogP contribution in [-0.2, 0) is 23.1 Å². The highest BCUT2D eigenvalue weighted by Gasteiger charge is 2.48. The molecule has 1 spiro atoms. The van der Waals surface area contributed by atoms with Gasteiger partial charge < -0.3 is 14.2 Å². The zero-order valence-corrected chi connectivity index (χ0v) is 14.6. The van der Waals surface area contributed by atoms with Gasteiger partial charge in [-0.1, -0.05) is 0 Å². The van der Waals surface area contributed by atoms with Crippen molar-refractivity contribution in [3.8, 4) is 6.07 Å². The third-order valence-corrected chi connectivity index (χ3v) is 5.40. The first-order valence-electron chi connectivity index (χ1n) is 8.64. The third kappa shape index (κ3) is 3.19. The topological polar surface area (TPSA) is 61.5 Å². The lowest BCUT2D eigenvalue weighted by Crippen LogP contribution is -2.50. The molecular formula is C18H26N4O2. The van der Waals surface area contributed by atoms with Crippen LogP contribution in [0.4, 0.5) is 0 Å². The number of ether oxygens (including phenoxy) is 1. The fourth-order valence-corrected chi connectivity index (χ4v) is 4.13. The summed E-state index contributed by atoms with van der Waals surface area (Å²) in [5.41, 5.74) is 1.61. The van der Waals surface area contributed by atoms with Gasteiger partial charge in [0, 0.05) is 46.5 Å². The van der Waals surface area contributed by atoms with E-state index in [0.29, 0.717) is 24.8 Å².